The van der Waals surface area contributed by atoms with E-state index in [1.54, 1.807) is 0 Å². The average Bonchev–Trinajstić information content (AvgIpc) is 3.05. The predicted molar refractivity (Wildman–Crippen MR) is 104 cm³/mol. The first kappa shape index (κ1) is 16.9. The minimum Gasteiger partial charge on any atom is -0.299 e. The zero-order valence-corrected chi connectivity index (χ0v) is 15.0. The Balaban J connectivity index is 1.38. The summed E-state index contributed by atoms with van der Waals surface area (Å²) in [4.78, 5) is 15.2. The number of benzene rings is 2. The summed E-state index contributed by atoms with van der Waals surface area (Å²) in [5, 5.41) is 0. The molecule has 0 spiro atoms. The molecular weight excluding hydrogens is 322 g/mol. The van der Waals surface area contributed by atoms with Gasteiger partial charge in [-0.25, -0.2) is 4.79 Å². The van der Waals surface area contributed by atoms with Crippen molar-refractivity contribution in [2.75, 3.05) is 13.1 Å². The molecule has 1 aliphatic rings. The number of rotatable bonds is 5. The van der Waals surface area contributed by atoms with E-state index in [-0.39, 0.29) is 5.69 Å². The van der Waals surface area contributed by atoms with Crippen molar-refractivity contribution in [3.8, 4) is 0 Å². The van der Waals surface area contributed by atoms with Crippen LogP contribution in [0.4, 0.5) is 0 Å². The van der Waals surface area contributed by atoms with E-state index in [2.05, 4.69) is 47.4 Å². The second-order valence-electron chi connectivity index (χ2n) is 7.09. The Morgan fingerprint density at radius 1 is 0.769 bits per heavy atom. The van der Waals surface area contributed by atoms with Crippen LogP contribution < -0.4 is 5.69 Å². The third kappa shape index (κ3) is 3.81. The van der Waals surface area contributed by atoms with Gasteiger partial charge < -0.3 is 0 Å². The molecule has 0 aliphatic carbocycles. The number of likely N-dealkylation sites (tertiary alicyclic amines) is 1. The lowest BCUT2D eigenvalue weighted by Gasteiger charge is -2.32. The Hall–Kier alpha value is -2.59. The fourth-order valence-corrected chi connectivity index (χ4v) is 3.80. The standard InChI is InChI=1S/C22H25N3O/c26-22-24(18-20-9-5-2-6-10-20)15-16-25(22)21-11-13-23(14-12-21)17-19-7-3-1-4-8-19/h1-10,15-16,21H,11-14,17-18H2. The van der Waals surface area contributed by atoms with E-state index in [4.69, 9.17) is 0 Å². The molecule has 0 bridgehead atoms. The molecule has 0 unspecified atom stereocenters. The number of hydrogen-bond donors (Lipinski definition) is 0. The van der Waals surface area contributed by atoms with E-state index in [1.165, 1.54) is 5.56 Å². The summed E-state index contributed by atoms with van der Waals surface area (Å²) in [5.41, 5.74) is 2.62. The molecule has 1 saturated heterocycles. The Morgan fingerprint density at radius 3 is 1.96 bits per heavy atom. The monoisotopic (exact) mass is 347 g/mol. The maximum Gasteiger partial charge on any atom is 0.328 e. The maximum atomic E-state index is 12.8. The number of piperidine rings is 1. The van der Waals surface area contributed by atoms with Gasteiger partial charge in [-0.15, -0.1) is 0 Å². The van der Waals surface area contributed by atoms with Crippen molar-refractivity contribution in [1.82, 2.24) is 14.0 Å². The number of imidazole rings is 1. The number of aromatic nitrogens is 2. The Morgan fingerprint density at radius 2 is 1.35 bits per heavy atom. The quantitative estimate of drug-likeness (QED) is 0.707. The molecule has 134 valence electrons. The highest BCUT2D eigenvalue weighted by atomic mass is 16.1. The van der Waals surface area contributed by atoms with Gasteiger partial charge in [0, 0.05) is 38.1 Å². The highest BCUT2D eigenvalue weighted by Crippen LogP contribution is 2.22. The Kier molecular flexibility index (Phi) is 5.02. The van der Waals surface area contributed by atoms with E-state index >= 15 is 0 Å². The summed E-state index contributed by atoms with van der Waals surface area (Å²) in [7, 11) is 0. The van der Waals surface area contributed by atoms with E-state index in [9.17, 15) is 4.79 Å². The van der Waals surface area contributed by atoms with Gasteiger partial charge in [-0.1, -0.05) is 60.7 Å². The molecule has 1 aromatic heterocycles. The van der Waals surface area contributed by atoms with Crippen molar-refractivity contribution in [3.05, 3.63) is 94.7 Å². The molecular formula is C22H25N3O. The summed E-state index contributed by atoms with van der Waals surface area (Å²) in [6.45, 7) is 3.71. The van der Waals surface area contributed by atoms with Gasteiger partial charge in [-0.2, -0.15) is 0 Å². The third-order valence-electron chi connectivity index (χ3n) is 5.27. The molecule has 4 nitrogen and oxygen atoms in total. The summed E-state index contributed by atoms with van der Waals surface area (Å²) >= 11 is 0. The van der Waals surface area contributed by atoms with Gasteiger partial charge in [-0.3, -0.25) is 14.0 Å². The highest BCUT2D eigenvalue weighted by molar-refractivity contribution is 5.15. The molecule has 0 radical (unpaired) electrons. The fraction of sp³-hybridized carbons (Fsp3) is 0.318. The van der Waals surface area contributed by atoms with Crippen molar-refractivity contribution >= 4 is 0 Å². The topological polar surface area (TPSA) is 30.2 Å². The first-order valence-electron chi connectivity index (χ1n) is 9.37. The van der Waals surface area contributed by atoms with Crippen LogP contribution in [-0.4, -0.2) is 27.1 Å². The lowest BCUT2D eigenvalue weighted by Crippen LogP contribution is -2.37. The predicted octanol–water partition coefficient (Wildman–Crippen LogP) is 3.54. The van der Waals surface area contributed by atoms with E-state index < -0.39 is 0 Å². The molecule has 1 aliphatic heterocycles. The number of hydrogen-bond acceptors (Lipinski definition) is 2. The van der Waals surface area contributed by atoms with Crippen LogP contribution in [0.25, 0.3) is 0 Å². The van der Waals surface area contributed by atoms with Crippen LogP contribution in [0.5, 0.6) is 0 Å². The van der Waals surface area contributed by atoms with Gasteiger partial charge in [0.2, 0.25) is 0 Å². The summed E-state index contributed by atoms with van der Waals surface area (Å²) in [6, 6.07) is 21.1. The molecule has 2 heterocycles. The lowest BCUT2D eigenvalue weighted by atomic mass is 10.0. The molecule has 4 heteroatoms. The van der Waals surface area contributed by atoms with Crippen LogP contribution in [0.1, 0.15) is 30.0 Å². The fourth-order valence-electron chi connectivity index (χ4n) is 3.80. The van der Waals surface area contributed by atoms with Gasteiger partial charge in [0.25, 0.3) is 0 Å². The van der Waals surface area contributed by atoms with Gasteiger partial charge in [0.1, 0.15) is 0 Å². The molecule has 3 aromatic rings. The molecule has 26 heavy (non-hydrogen) atoms. The zero-order valence-electron chi connectivity index (χ0n) is 15.0. The average molecular weight is 347 g/mol. The number of nitrogens with zero attached hydrogens (tertiary/aromatic N) is 3. The summed E-state index contributed by atoms with van der Waals surface area (Å²) in [5.74, 6) is 0. The molecule has 0 N–H and O–H groups in total. The summed E-state index contributed by atoms with van der Waals surface area (Å²) < 4.78 is 3.74. The molecule has 4 rings (SSSR count). The normalized spacial score (nSPS) is 16.0. The summed E-state index contributed by atoms with van der Waals surface area (Å²) in [6.07, 6.45) is 5.94. The highest BCUT2D eigenvalue weighted by Gasteiger charge is 2.22. The minimum atomic E-state index is 0.107. The molecule has 0 atom stereocenters. The van der Waals surface area contributed by atoms with E-state index in [0.717, 1.165) is 38.0 Å². The van der Waals surface area contributed by atoms with E-state index in [0.29, 0.717) is 12.6 Å². The van der Waals surface area contributed by atoms with Crippen molar-refractivity contribution in [2.45, 2.75) is 32.0 Å². The third-order valence-corrected chi connectivity index (χ3v) is 5.27. The second kappa shape index (κ2) is 7.75. The van der Waals surface area contributed by atoms with Gasteiger partial charge in [0.15, 0.2) is 0 Å². The smallest absolute Gasteiger partial charge is 0.299 e. The van der Waals surface area contributed by atoms with E-state index in [1.807, 2.05) is 39.7 Å². The van der Waals surface area contributed by atoms with Gasteiger partial charge >= 0.3 is 5.69 Å². The van der Waals surface area contributed by atoms with Crippen LogP contribution in [-0.2, 0) is 13.1 Å². The minimum absolute atomic E-state index is 0.107. The van der Waals surface area contributed by atoms with Crippen LogP contribution in [0, 0.1) is 0 Å². The Labute approximate surface area is 154 Å². The maximum absolute atomic E-state index is 12.8. The van der Waals surface area contributed by atoms with Crippen LogP contribution >= 0.6 is 0 Å². The van der Waals surface area contributed by atoms with Crippen molar-refractivity contribution in [3.63, 3.8) is 0 Å². The molecule has 2 aromatic carbocycles. The van der Waals surface area contributed by atoms with Gasteiger partial charge in [0.05, 0.1) is 6.54 Å². The second-order valence-corrected chi connectivity index (χ2v) is 7.09. The SMILES string of the molecule is O=c1n(Cc2ccccc2)ccn1C1CCN(Cc2ccccc2)CC1. The van der Waals surface area contributed by atoms with Crippen molar-refractivity contribution in [2.24, 2.45) is 0 Å². The molecule has 0 amide bonds. The van der Waals surface area contributed by atoms with Crippen molar-refractivity contribution in [1.29, 1.82) is 0 Å². The van der Waals surface area contributed by atoms with Gasteiger partial charge in [-0.05, 0) is 24.0 Å². The van der Waals surface area contributed by atoms with Crippen LogP contribution in [0.2, 0.25) is 0 Å². The first-order valence-corrected chi connectivity index (χ1v) is 9.37. The molecule has 1 fully saturated rings. The first-order chi connectivity index (χ1) is 12.8. The lowest BCUT2D eigenvalue weighted by molar-refractivity contribution is 0.177. The van der Waals surface area contributed by atoms with Crippen LogP contribution in [0.15, 0.2) is 77.9 Å². The Bertz CT molecular complexity index is 875. The van der Waals surface area contributed by atoms with Crippen molar-refractivity contribution < 1.29 is 0 Å². The largest absolute Gasteiger partial charge is 0.328 e. The van der Waals surface area contributed by atoms with Crippen LogP contribution in [0.3, 0.4) is 0 Å². The zero-order chi connectivity index (χ0) is 17.8. The molecule has 0 saturated carbocycles.